The van der Waals surface area contributed by atoms with Gasteiger partial charge in [0.25, 0.3) is 0 Å². The molecule has 1 N–H and O–H groups in total. The van der Waals surface area contributed by atoms with Crippen molar-refractivity contribution in [2.75, 3.05) is 12.4 Å². The van der Waals surface area contributed by atoms with E-state index in [1.165, 1.54) is 11.3 Å². The van der Waals surface area contributed by atoms with Crippen molar-refractivity contribution < 1.29 is 9.53 Å². The van der Waals surface area contributed by atoms with E-state index in [-0.39, 0.29) is 5.91 Å². The third kappa shape index (κ3) is 3.68. The molecule has 0 fully saturated rings. The van der Waals surface area contributed by atoms with Gasteiger partial charge in [-0.05, 0) is 30.7 Å². The van der Waals surface area contributed by atoms with E-state index < -0.39 is 0 Å². The molecule has 7 heteroatoms. The van der Waals surface area contributed by atoms with E-state index in [0.717, 1.165) is 27.2 Å². The molecule has 2 heterocycles. The van der Waals surface area contributed by atoms with Crippen LogP contribution < -0.4 is 10.1 Å². The van der Waals surface area contributed by atoms with Crippen molar-refractivity contribution in [2.45, 2.75) is 13.3 Å². The number of aryl methyl sites for hydroxylation is 1. The number of benzene rings is 2. The van der Waals surface area contributed by atoms with Gasteiger partial charge in [-0.25, -0.2) is 4.98 Å². The molecule has 0 aliphatic rings. The summed E-state index contributed by atoms with van der Waals surface area (Å²) in [5, 5.41) is 8.14. The Morgan fingerprint density at radius 3 is 2.78 bits per heavy atom. The first-order valence-corrected chi connectivity index (χ1v) is 9.29. The van der Waals surface area contributed by atoms with Crippen LogP contribution in [0.15, 0.2) is 54.6 Å². The summed E-state index contributed by atoms with van der Waals surface area (Å²) in [6.07, 6.45) is 0.308. The molecule has 4 rings (SSSR count). The average molecular weight is 378 g/mol. The standard InChI is InChI=1S/C20H18N4O2S/c1-13-10-18(22-19(25)11-14-6-4-3-5-7-14)24(23-13)20-21-16-9-8-15(26-2)12-17(16)27-20/h3-10,12H,11H2,1-2H3,(H,22,25). The van der Waals surface area contributed by atoms with E-state index in [9.17, 15) is 4.79 Å². The van der Waals surface area contributed by atoms with Gasteiger partial charge in [0.15, 0.2) is 0 Å². The molecule has 136 valence electrons. The Kier molecular flexibility index (Phi) is 4.60. The van der Waals surface area contributed by atoms with Gasteiger partial charge in [-0.15, -0.1) is 0 Å². The molecule has 0 saturated carbocycles. The quantitative estimate of drug-likeness (QED) is 0.570. The normalized spacial score (nSPS) is 10.9. The summed E-state index contributed by atoms with van der Waals surface area (Å²) in [4.78, 5) is 17.1. The smallest absolute Gasteiger partial charge is 0.229 e. The fourth-order valence-corrected chi connectivity index (χ4v) is 3.77. The van der Waals surface area contributed by atoms with Gasteiger partial charge in [0.1, 0.15) is 11.6 Å². The molecular formula is C20H18N4O2S. The topological polar surface area (TPSA) is 69.0 Å². The number of anilines is 1. The summed E-state index contributed by atoms with van der Waals surface area (Å²) in [6.45, 7) is 1.89. The lowest BCUT2D eigenvalue weighted by Gasteiger charge is -2.06. The Morgan fingerprint density at radius 1 is 1.19 bits per heavy atom. The predicted molar refractivity (Wildman–Crippen MR) is 107 cm³/mol. The Bertz CT molecular complexity index is 1100. The van der Waals surface area contributed by atoms with Crippen LogP contribution in [0.3, 0.4) is 0 Å². The van der Waals surface area contributed by atoms with Crippen LogP contribution in [0.2, 0.25) is 0 Å². The zero-order chi connectivity index (χ0) is 18.8. The third-order valence-corrected chi connectivity index (χ3v) is 5.07. The van der Waals surface area contributed by atoms with Crippen molar-refractivity contribution in [2.24, 2.45) is 0 Å². The van der Waals surface area contributed by atoms with Crippen LogP contribution in [0, 0.1) is 6.92 Å². The lowest BCUT2D eigenvalue weighted by atomic mass is 10.1. The predicted octanol–water partition coefficient (Wildman–Crippen LogP) is 3.98. The maximum absolute atomic E-state index is 12.4. The number of hydrogen-bond acceptors (Lipinski definition) is 5. The first kappa shape index (κ1) is 17.2. The minimum absolute atomic E-state index is 0.0925. The Balaban J connectivity index is 1.62. The van der Waals surface area contributed by atoms with E-state index in [0.29, 0.717) is 17.4 Å². The van der Waals surface area contributed by atoms with Crippen molar-refractivity contribution in [1.29, 1.82) is 0 Å². The van der Waals surface area contributed by atoms with Crippen molar-refractivity contribution in [3.63, 3.8) is 0 Å². The van der Waals surface area contributed by atoms with Crippen molar-refractivity contribution in [3.8, 4) is 10.9 Å². The lowest BCUT2D eigenvalue weighted by Crippen LogP contribution is -2.17. The summed E-state index contributed by atoms with van der Waals surface area (Å²) in [6, 6.07) is 17.2. The number of carbonyl (C=O) groups is 1. The number of aromatic nitrogens is 3. The monoisotopic (exact) mass is 378 g/mol. The Hall–Kier alpha value is -3.19. The van der Waals surface area contributed by atoms with Gasteiger partial charge in [-0.1, -0.05) is 41.7 Å². The van der Waals surface area contributed by atoms with E-state index in [1.807, 2.05) is 61.5 Å². The van der Waals surface area contributed by atoms with Crippen molar-refractivity contribution >= 4 is 33.3 Å². The number of fused-ring (bicyclic) bond motifs is 1. The molecule has 0 radical (unpaired) electrons. The summed E-state index contributed by atoms with van der Waals surface area (Å²) in [7, 11) is 1.64. The van der Waals surface area contributed by atoms with Crippen LogP contribution >= 0.6 is 11.3 Å². The van der Waals surface area contributed by atoms with Crippen molar-refractivity contribution in [3.05, 3.63) is 65.9 Å². The number of rotatable bonds is 5. The summed E-state index contributed by atoms with van der Waals surface area (Å²) in [5.74, 6) is 1.30. The van der Waals surface area contributed by atoms with E-state index in [4.69, 9.17) is 4.74 Å². The Morgan fingerprint density at radius 2 is 2.00 bits per heavy atom. The van der Waals surface area contributed by atoms with Crippen LogP contribution in [0.4, 0.5) is 5.82 Å². The second-order valence-corrected chi connectivity index (χ2v) is 7.13. The van der Waals surface area contributed by atoms with Gasteiger partial charge in [0, 0.05) is 6.07 Å². The SMILES string of the molecule is COc1ccc2nc(-n3nc(C)cc3NC(=O)Cc3ccccc3)sc2c1. The van der Waals surface area contributed by atoms with Gasteiger partial charge in [0.05, 0.1) is 29.4 Å². The number of carbonyl (C=O) groups excluding carboxylic acids is 1. The molecule has 2 aromatic heterocycles. The fraction of sp³-hybridized carbons (Fsp3) is 0.150. The molecule has 0 atom stereocenters. The van der Waals surface area contributed by atoms with Gasteiger partial charge < -0.3 is 10.1 Å². The number of ether oxygens (including phenoxy) is 1. The van der Waals surface area contributed by atoms with E-state index >= 15 is 0 Å². The van der Waals surface area contributed by atoms with Gasteiger partial charge >= 0.3 is 0 Å². The molecule has 27 heavy (non-hydrogen) atoms. The minimum Gasteiger partial charge on any atom is -0.497 e. The third-order valence-electron chi connectivity index (χ3n) is 4.07. The molecule has 0 spiro atoms. The minimum atomic E-state index is -0.0925. The molecule has 0 bridgehead atoms. The molecule has 0 aliphatic heterocycles. The first-order chi connectivity index (χ1) is 13.1. The zero-order valence-electron chi connectivity index (χ0n) is 15.0. The van der Waals surface area contributed by atoms with Crippen LogP contribution in [0.25, 0.3) is 15.3 Å². The highest BCUT2D eigenvalue weighted by molar-refractivity contribution is 7.20. The number of amides is 1. The second-order valence-electron chi connectivity index (χ2n) is 6.12. The lowest BCUT2D eigenvalue weighted by molar-refractivity contribution is -0.115. The van der Waals surface area contributed by atoms with Crippen LogP contribution in [-0.4, -0.2) is 27.8 Å². The molecule has 4 aromatic rings. The summed E-state index contributed by atoms with van der Waals surface area (Å²) < 4.78 is 7.95. The van der Waals surface area contributed by atoms with Gasteiger partial charge in [-0.3, -0.25) is 4.79 Å². The number of nitrogens with one attached hydrogen (secondary N) is 1. The largest absolute Gasteiger partial charge is 0.497 e. The molecule has 2 aromatic carbocycles. The van der Waals surface area contributed by atoms with E-state index in [1.54, 1.807) is 11.8 Å². The zero-order valence-corrected chi connectivity index (χ0v) is 15.8. The summed E-state index contributed by atoms with van der Waals surface area (Å²) in [5.41, 5.74) is 2.64. The van der Waals surface area contributed by atoms with Crippen LogP contribution in [0.5, 0.6) is 5.75 Å². The molecular weight excluding hydrogens is 360 g/mol. The Labute approximate surface area is 160 Å². The maximum atomic E-state index is 12.4. The fourth-order valence-electron chi connectivity index (χ4n) is 2.81. The maximum Gasteiger partial charge on any atom is 0.229 e. The highest BCUT2D eigenvalue weighted by Gasteiger charge is 2.15. The number of hydrogen-bond donors (Lipinski definition) is 1. The number of methoxy groups -OCH3 is 1. The second kappa shape index (κ2) is 7.20. The molecule has 0 saturated heterocycles. The first-order valence-electron chi connectivity index (χ1n) is 8.48. The average Bonchev–Trinajstić information content (AvgIpc) is 3.24. The number of thiazole rings is 1. The van der Waals surface area contributed by atoms with Gasteiger partial charge in [0.2, 0.25) is 11.0 Å². The highest BCUT2D eigenvalue weighted by Crippen LogP contribution is 2.30. The van der Waals surface area contributed by atoms with Crippen LogP contribution in [0.1, 0.15) is 11.3 Å². The summed E-state index contributed by atoms with van der Waals surface area (Å²) >= 11 is 1.50. The molecule has 1 amide bonds. The van der Waals surface area contributed by atoms with Gasteiger partial charge in [-0.2, -0.15) is 9.78 Å². The molecule has 0 unspecified atom stereocenters. The highest BCUT2D eigenvalue weighted by atomic mass is 32.1. The van der Waals surface area contributed by atoms with Crippen molar-refractivity contribution in [1.82, 2.24) is 14.8 Å². The van der Waals surface area contributed by atoms with E-state index in [2.05, 4.69) is 15.4 Å². The van der Waals surface area contributed by atoms with Crippen LogP contribution in [-0.2, 0) is 11.2 Å². The molecule has 0 aliphatic carbocycles. The molecule has 6 nitrogen and oxygen atoms in total. The number of nitrogens with zero attached hydrogens (tertiary/aromatic N) is 3.